The molecule has 2 amide bonds. The number of halogens is 1. The van der Waals surface area contributed by atoms with Gasteiger partial charge in [-0.2, -0.15) is 0 Å². The number of amides is 2. The molecular weight excluding hydrogens is 386 g/mol. The van der Waals surface area contributed by atoms with Crippen LogP contribution in [0.4, 0.5) is 5.82 Å². The molecule has 7 heteroatoms. The Kier molecular flexibility index (Phi) is 7.84. The molecule has 0 bridgehead atoms. The zero-order chi connectivity index (χ0) is 18.2. The lowest BCUT2D eigenvalue weighted by atomic mass is 9.95. The molecule has 0 atom stereocenters. The second-order valence-electron chi connectivity index (χ2n) is 6.72. The Morgan fingerprint density at radius 1 is 1.36 bits per heavy atom. The number of carbonyl (C=O) groups is 2. The first-order valence-corrected chi connectivity index (χ1v) is 9.53. The van der Waals surface area contributed by atoms with Crippen LogP contribution in [0.1, 0.15) is 33.1 Å². The Balaban J connectivity index is 1.70. The van der Waals surface area contributed by atoms with Gasteiger partial charge in [-0.15, -0.1) is 0 Å². The Bertz CT molecular complexity index is 569. The van der Waals surface area contributed by atoms with Crippen LogP contribution < -0.4 is 5.32 Å². The minimum absolute atomic E-state index is 0.0258. The molecule has 1 N–H and O–H groups in total. The molecule has 0 aromatic carbocycles. The topological polar surface area (TPSA) is 71.5 Å². The number of aromatic nitrogens is 1. The fraction of sp³-hybridized carbons (Fsp3) is 0.611. The van der Waals surface area contributed by atoms with Crippen LogP contribution in [0.5, 0.6) is 0 Å². The Morgan fingerprint density at radius 3 is 2.68 bits per heavy atom. The van der Waals surface area contributed by atoms with E-state index in [1.165, 1.54) is 0 Å². The van der Waals surface area contributed by atoms with Crippen molar-refractivity contribution in [2.45, 2.75) is 33.1 Å². The number of carbonyl (C=O) groups excluding carboxylic acids is 2. The average Bonchev–Trinajstić information content (AvgIpc) is 2.60. The zero-order valence-electron chi connectivity index (χ0n) is 14.8. The van der Waals surface area contributed by atoms with E-state index in [9.17, 15) is 9.59 Å². The smallest absolute Gasteiger partial charge is 0.228 e. The first-order chi connectivity index (χ1) is 12.0. The summed E-state index contributed by atoms with van der Waals surface area (Å²) in [5.41, 5.74) is 0. The van der Waals surface area contributed by atoms with Gasteiger partial charge in [-0.05, 0) is 46.8 Å². The summed E-state index contributed by atoms with van der Waals surface area (Å²) >= 11 is 3.32. The van der Waals surface area contributed by atoms with Gasteiger partial charge < -0.3 is 15.0 Å². The largest absolute Gasteiger partial charge is 0.381 e. The molecule has 0 unspecified atom stereocenters. The van der Waals surface area contributed by atoms with Crippen molar-refractivity contribution in [3.63, 3.8) is 0 Å². The monoisotopic (exact) mass is 411 g/mol. The number of pyridine rings is 1. The van der Waals surface area contributed by atoms with Crippen molar-refractivity contribution < 1.29 is 14.3 Å². The molecular formula is C18H26BrN3O3. The Labute approximate surface area is 157 Å². The molecule has 0 spiro atoms. The fourth-order valence-electron chi connectivity index (χ4n) is 2.71. The molecule has 1 fully saturated rings. The number of hydrogen-bond donors (Lipinski definition) is 1. The van der Waals surface area contributed by atoms with Crippen LogP contribution in [-0.2, 0) is 14.3 Å². The zero-order valence-corrected chi connectivity index (χ0v) is 16.4. The molecule has 1 aliphatic heterocycles. The van der Waals surface area contributed by atoms with Crippen LogP contribution in [0.25, 0.3) is 0 Å². The highest BCUT2D eigenvalue weighted by atomic mass is 79.9. The van der Waals surface area contributed by atoms with Gasteiger partial charge in [-0.1, -0.05) is 13.8 Å². The lowest BCUT2D eigenvalue weighted by Crippen LogP contribution is -2.41. The first-order valence-electron chi connectivity index (χ1n) is 8.73. The molecule has 2 heterocycles. The maximum Gasteiger partial charge on any atom is 0.228 e. The highest BCUT2D eigenvalue weighted by Crippen LogP contribution is 2.20. The van der Waals surface area contributed by atoms with E-state index in [1.807, 2.05) is 11.0 Å². The fourth-order valence-corrected chi connectivity index (χ4v) is 2.94. The van der Waals surface area contributed by atoms with Gasteiger partial charge in [0.1, 0.15) is 5.82 Å². The maximum absolute atomic E-state index is 12.3. The van der Waals surface area contributed by atoms with Crippen LogP contribution in [0.15, 0.2) is 22.8 Å². The third-order valence-corrected chi connectivity index (χ3v) is 4.58. The van der Waals surface area contributed by atoms with Crippen molar-refractivity contribution >= 4 is 33.6 Å². The van der Waals surface area contributed by atoms with Gasteiger partial charge in [0, 0.05) is 36.3 Å². The number of nitrogens with one attached hydrogen (secondary N) is 1. The van der Waals surface area contributed by atoms with E-state index in [1.54, 1.807) is 12.3 Å². The molecule has 138 valence electrons. The summed E-state index contributed by atoms with van der Waals surface area (Å²) < 4.78 is 6.34. The third-order valence-electron chi connectivity index (χ3n) is 4.11. The van der Waals surface area contributed by atoms with E-state index in [2.05, 4.69) is 40.1 Å². The van der Waals surface area contributed by atoms with Crippen molar-refractivity contribution in [3.8, 4) is 0 Å². The quantitative estimate of drug-likeness (QED) is 0.699. The number of ether oxygens (including phenoxy) is 1. The van der Waals surface area contributed by atoms with Gasteiger partial charge in [0.2, 0.25) is 11.8 Å². The summed E-state index contributed by atoms with van der Waals surface area (Å²) in [5.74, 6) is 1.03. The number of hydrogen-bond acceptors (Lipinski definition) is 4. The van der Waals surface area contributed by atoms with Gasteiger partial charge in [-0.25, -0.2) is 4.98 Å². The lowest BCUT2D eigenvalue weighted by Gasteiger charge is -2.31. The number of likely N-dealkylation sites (tertiary alicyclic amines) is 1. The predicted octanol–water partition coefficient (Wildman–Crippen LogP) is 3.08. The van der Waals surface area contributed by atoms with E-state index in [4.69, 9.17) is 4.74 Å². The van der Waals surface area contributed by atoms with Crippen LogP contribution in [-0.4, -0.2) is 48.0 Å². The SMILES string of the molecule is CC(C)COCCC(=O)N1CCC(C(=O)Nc2ccc(Br)cn2)CC1. The average molecular weight is 412 g/mol. The molecule has 1 aliphatic rings. The highest BCUT2D eigenvalue weighted by molar-refractivity contribution is 9.10. The van der Waals surface area contributed by atoms with E-state index in [-0.39, 0.29) is 17.7 Å². The van der Waals surface area contributed by atoms with Gasteiger partial charge in [0.05, 0.1) is 13.0 Å². The molecule has 2 rings (SSSR count). The summed E-state index contributed by atoms with van der Waals surface area (Å²) in [6.45, 7) is 6.55. The summed E-state index contributed by atoms with van der Waals surface area (Å²) in [6, 6.07) is 3.60. The molecule has 25 heavy (non-hydrogen) atoms. The minimum Gasteiger partial charge on any atom is -0.381 e. The number of piperidine rings is 1. The standard InChI is InChI=1S/C18H26BrN3O3/c1-13(2)12-25-10-7-17(23)22-8-5-14(6-9-22)18(24)21-16-4-3-15(19)11-20-16/h3-4,11,13-14H,5-10,12H2,1-2H3,(H,20,21,24). The van der Waals surface area contributed by atoms with E-state index >= 15 is 0 Å². The van der Waals surface area contributed by atoms with Crippen molar-refractivity contribution in [2.24, 2.45) is 11.8 Å². The van der Waals surface area contributed by atoms with Crippen molar-refractivity contribution in [1.29, 1.82) is 0 Å². The van der Waals surface area contributed by atoms with Crippen LogP contribution in [0.2, 0.25) is 0 Å². The summed E-state index contributed by atoms with van der Waals surface area (Å²) in [5, 5.41) is 2.84. The van der Waals surface area contributed by atoms with Crippen molar-refractivity contribution in [2.75, 3.05) is 31.6 Å². The predicted molar refractivity (Wildman–Crippen MR) is 100 cm³/mol. The number of nitrogens with zero attached hydrogens (tertiary/aromatic N) is 2. The molecule has 1 aromatic rings. The Morgan fingerprint density at radius 2 is 2.08 bits per heavy atom. The van der Waals surface area contributed by atoms with Crippen molar-refractivity contribution in [1.82, 2.24) is 9.88 Å². The number of rotatable bonds is 7. The normalized spacial score (nSPS) is 15.4. The third kappa shape index (κ3) is 6.74. The van der Waals surface area contributed by atoms with Gasteiger partial charge in [-0.3, -0.25) is 9.59 Å². The lowest BCUT2D eigenvalue weighted by molar-refractivity contribution is -0.135. The summed E-state index contributed by atoms with van der Waals surface area (Å²) in [7, 11) is 0. The minimum atomic E-state index is -0.0771. The molecule has 1 aromatic heterocycles. The molecule has 0 saturated carbocycles. The summed E-state index contributed by atoms with van der Waals surface area (Å²) in [6.07, 6.45) is 3.42. The van der Waals surface area contributed by atoms with Gasteiger partial charge >= 0.3 is 0 Å². The first kappa shape index (κ1) is 19.8. The molecule has 0 radical (unpaired) electrons. The second kappa shape index (κ2) is 9.87. The van der Waals surface area contributed by atoms with Gasteiger partial charge in [0.15, 0.2) is 0 Å². The second-order valence-corrected chi connectivity index (χ2v) is 7.64. The Hall–Kier alpha value is -1.47. The van der Waals surface area contributed by atoms with Gasteiger partial charge in [0.25, 0.3) is 0 Å². The van der Waals surface area contributed by atoms with Crippen LogP contribution in [0.3, 0.4) is 0 Å². The molecule has 0 aliphatic carbocycles. The maximum atomic E-state index is 12.3. The molecule has 6 nitrogen and oxygen atoms in total. The summed E-state index contributed by atoms with van der Waals surface area (Å²) in [4.78, 5) is 30.5. The molecule has 1 saturated heterocycles. The van der Waals surface area contributed by atoms with Crippen LogP contribution >= 0.6 is 15.9 Å². The van der Waals surface area contributed by atoms with Crippen molar-refractivity contribution in [3.05, 3.63) is 22.8 Å². The van der Waals surface area contributed by atoms with E-state index in [0.717, 1.165) is 4.47 Å². The van der Waals surface area contributed by atoms with Crippen LogP contribution in [0, 0.1) is 11.8 Å². The van der Waals surface area contributed by atoms with E-state index < -0.39 is 0 Å². The highest BCUT2D eigenvalue weighted by Gasteiger charge is 2.27. The van der Waals surface area contributed by atoms with E-state index in [0.29, 0.717) is 57.3 Å². The number of anilines is 1.